The van der Waals surface area contributed by atoms with Gasteiger partial charge in [0.1, 0.15) is 0 Å². The van der Waals surface area contributed by atoms with Gasteiger partial charge in [0.05, 0.1) is 0 Å². The lowest BCUT2D eigenvalue weighted by atomic mass is 10.1. The number of hydrogen-bond acceptors (Lipinski definition) is 5. The second-order valence-electron chi connectivity index (χ2n) is 5.23. The summed E-state index contributed by atoms with van der Waals surface area (Å²) >= 11 is 1.76. The Morgan fingerprint density at radius 3 is 2.70 bits per heavy atom. The number of anilines is 1. The molecule has 0 aromatic carbocycles. The van der Waals surface area contributed by atoms with Crippen molar-refractivity contribution in [3.63, 3.8) is 0 Å². The number of hydrogen-bond donors (Lipinski definition) is 1. The van der Waals surface area contributed by atoms with E-state index in [9.17, 15) is 4.79 Å². The molecule has 1 aromatic heterocycles. The Hall–Kier alpha value is -1.14. The van der Waals surface area contributed by atoms with Crippen molar-refractivity contribution in [2.45, 2.75) is 20.3 Å². The van der Waals surface area contributed by atoms with Crippen molar-refractivity contribution >= 4 is 22.4 Å². The van der Waals surface area contributed by atoms with Crippen LogP contribution in [0.2, 0.25) is 0 Å². The largest absolute Gasteiger partial charge is 0.345 e. The minimum Gasteiger partial charge on any atom is -0.345 e. The molecule has 0 saturated carbocycles. The second kappa shape index (κ2) is 7.04. The Kier molecular flexibility index (Phi) is 5.37. The van der Waals surface area contributed by atoms with Crippen molar-refractivity contribution in [2.75, 3.05) is 44.7 Å². The van der Waals surface area contributed by atoms with Gasteiger partial charge in [0.2, 0.25) is 5.91 Å². The van der Waals surface area contributed by atoms with E-state index in [2.05, 4.69) is 22.1 Å². The van der Waals surface area contributed by atoms with Crippen molar-refractivity contribution in [3.8, 4) is 0 Å². The summed E-state index contributed by atoms with van der Waals surface area (Å²) in [6.07, 6.45) is 3.00. The van der Waals surface area contributed by atoms with E-state index in [1.165, 1.54) is 4.88 Å². The second-order valence-corrected chi connectivity index (χ2v) is 6.33. The third kappa shape index (κ3) is 3.49. The van der Waals surface area contributed by atoms with Crippen LogP contribution in [0.15, 0.2) is 6.20 Å². The molecule has 1 amide bonds. The Morgan fingerprint density at radius 1 is 1.45 bits per heavy atom. The molecule has 6 heteroatoms. The average molecular weight is 296 g/mol. The number of rotatable bonds is 5. The fraction of sp³-hybridized carbons (Fsp3) is 0.714. The van der Waals surface area contributed by atoms with Gasteiger partial charge >= 0.3 is 0 Å². The average Bonchev–Trinajstić information content (AvgIpc) is 2.96. The highest BCUT2D eigenvalue weighted by Crippen LogP contribution is 2.24. The van der Waals surface area contributed by atoms with Crippen LogP contribution >= 0.6 is 11.3 Å². The van der Waals surface area contributed by atoms with E-state index in [-0.39, 0.29) is 11.8 Å². The normalized spacial score (nSPS) is 17.4. The standard InChI is InChI=1S/C14H24N4OS/c1-4-12-10-16-14(20-12)18-7-5-17(6-8-18)13(19)11(2)9-15-3/h10-11,15H,4-9H2,1-3H3. The lowest BCUT2D eigenvalue weighted by molar-refractivity contribution is -0.135. The minimum absolute atomic E-state index is 0.0538. The van der Waals surface area contributed by atoms with Crippen LogP contribution < -0.4 is 10.2 Å². The van der Waals surface area contributed by atoms with E-state index in [4.69, 9.17) is 0 Å². The predicted octanol–water partition coefficient (Wildman–Crippen LogP) is 1.21. The Morgan fingerprint density at radius 2 is 2.15 bits per heavy atom. The molecule has 1 aromatic rings. The Balaban J connectivity index is 1.87. The fourth-order valence-corrected chi connectivity index (χ4v) is 3.33. The van der Waals surface area contributed by atoms with Crippen molar-refractivity contribution in [1.82, 2.24) is 15.2 Å². The number of carbonyl (C=O) groups excluding carboxylic acids is 1. The molecule has 2 rings (SSSR count). The van der Waals surface area contributed by atoms with Gasteiger partial charge in [-0.05, 0) is 13.5 Å². The van der Waals surface area contributed by atoms with Crippen LogP contribution in [0.1, 0.15) is 18.7 Å². The zero-order valence-electron chi connectivity index (χ0n) is 12.6. The fourth-order valence-electron chi connectivity index (χ4n) is 2.43. The Labute approximate surface area is 125 Å². The van der Waals surface area contributed by atoms with Crippen LogP contribution in [0.4, 0.5) is 5.13 Å². The molecule has 1 aliphatic rings. The van der Waals surface area contributed by atoms with Crippen molar-refractivity contribution < 1.29 is 4.79 Å². The topological polar surface area (TPSA) is 48.5 Å². The quantitative estimate of drug-likeness (QED) is 0.887. The molecule has 20 heavy (non-hydrogen) atoms. The molecule has 5 nitrogen and oxygen atoms in total. The number of amides is 1. The molecule has 0 radical (unpaired) electrons. The summed E-state index contributed by atoms with van der Waals surface area (Å²) in [5.74, 6) is 0.311. The van der Waals surface area contributed by atoms with E-state index >= 15 is 0 Å². The van der Waals surface area contributed by atoms with Crippen molar-refractivity contribution in [2.24, 2.45) is 5.92 Å². The molecule has 1 N–H and O–H groups in total. The molecule has 1 atom stereocenters. The highest BCUT2D eigenvalue weighted by atomic mass is 32.1. The highest BCUT2D eigenvalue weighted by Gasteiger charge is 2.25. The maximum absolute atomic E-state index is 12.2. The molecule has 1 unspecified atom stereocenters. The van der Waals surface area contributed by atoms with Gasteiger partial charge in [-0.15, -0.1) is 11.3 Å². The van der Waals surface area contributed by atoms with Gasteiger partial charge in [0.25, 0.3) is 0 Å². The molecule has 0 spiro atoms. The van der Waals surface area contributed by atoms with Crippen LogP contribution in [-0.4, -0.2) is 55.6 Å². The predicted molar refractivity (Wildman–Crippen MR) is 83.4 cm³/mol. The summed E-state index contributed by atoms with van der Waals surface area (Å²) in [4.78, 5) is 22.3. The number of nitrogens with one attached hydrogen (secondary N) is 1. The summed E-state index contributed by atoms with van der Waals surface area (Å²) in [5.41, 5.74) is 0. The van der Waals surface area contributed by atoms with Crippen molar-refractivity contribution in [3.05, 3.63) is 11.1 Å². The molecule has 0 aliphatic carbocycles. The van der Waals surface area contributed by atoms with Crippen LogP contribution in [0.25, 0.3) is 0 Å². The monoisotopic (exact) mass is 296 g/mol. The lowest BCUT2D eigenvalue weighted by Crippen LogP contribution is -2.51. The van der Waals surface area contributed by atoms with Gasteiger partial charge in [-0.25, -0.2) is 4.98 Å². The van der Waals surface area contributed by atoms with E-state index in [0.717, 1.165) is 44.3 Å². The molecule has 1 saturated heterocycles. The number of piperazine rings is 1. The molecular formula is C14H24N4OS. The first kappa shape index (κ1) is 15.3. The van der Waals surface area contributed by atoms with E-state index < -0.39 is 0 Å². The first-order valence-electron chi connectivity index (χ1n) is 7.28. The lowest BCUT2D eigenvalue weighted by Gasteiger charge is -2.35. The highest BCUT2D eigenvalue weighted by molar-refractivity contribution is 7.15. The number of nitrogens with zero attached hydrogens (tertiary/aromatic N) is 3. The third-order valence-corrected chi connectivity index (χ3v) is 4.89. The molecule has 1 aliphatic heterocycles. The zero-order chi connectivity index (χ0) is 14.5. The first-order chi connectivity index (χ1) is 9.65. The van der Waals surface area contributed by atoms with Crippen LogP contribution in [0, 0.1) is 5.92 Å². The van der Waals surface area contributed by atoms with E-state index in [1.807, 2.05) is 25.1 Å². The summed E-state index contributed by atoms with van der Waals surface area (Å²) in [6, 6.07) is 0. The molecule has 1 fully saturated rings. The smallest absolute Gasteiger partial charge is 0.226 e. The maximum Gasteiger partial charge on any atom is 0.226 e. The maximum atomic E-state index is 12.2. The summed E-state index contributed by atoms with van der Waals surface area (Å²) in [6.45, 7) is 8.24. The van der Waals surface area contributed by atoms with Gasteiger partial charge in [0, 0.05) is 49.7 Å². The zero-order valence-corrected chi connectivity index (χ0v) is 13.4. The summed E-state index contributed by atoms with van der Waals surface area (Å²) in [7, 11) is 1.88. The SMILES string of the molecule is CCc1cnc(N2CCN(C(=O)C(C)CNC)CC2)s1. The Bertz CT molecular complexity index is 440. The van der Waals surface area contributed by atoms with E-state index in [0.29, 0.717) is 0 Å². The van der Waals surface area contributed by atoms with Gasteiger partial charge in [-0.3, -0.25) is 4.79 Å². The van der Waals surface area contributed by atoms with E-state index in [1.54, 1.807) is 11.3 Å². The van der Waals surface area contributed by atoms with Gasteiger partial charge in [0.15, 0.2) is 5.13 Å². The van der Waals surface area contributed by atoms with Gasteiger partial charge in [-0.1, -0.05) is 13.8 Å². The van der Waals surface area contributed by atoms with Crippen LogP contribution in [-0.2, 0) is 11.2 Å². The van der Waals surface area contributed by atoms with Gasteiger partial charge < -0.3 is 15.1 Å². The molecule has 0 bridgehead atoms. The summed E-state index contributed by atoms with van der Waals surface area (Å²) in [5, 5.41) is 4.16. The number of aryl methyl sites for hydroxylation is 1. The molecule has 2 heterocycles. The number of thiazole rings is 1. The first-order valence-corrected chi connectivity index (χ1v) is 8.10. The summed E-state index contributed by atoms with van der Waals surface area (Å²) < 4.78 is 0. The van der Waals surface area contributed by atoms with Crippen LogP contribution in [0.3, 0.4) is 0 Å². The van der Waals surface area contributed by atoms with Gasteiger partial charge in [-0.2, -0.15) is 0 Å². The minimum atomic E-state index is 0.0538. The third-order valence-electron chi connectivity index (χ3n) is 3.68. The molecule has 112 valence electrons. The van der Waals surface area contributed by atoms with Crippen LogP contribution in [0.5, 0.6) is 0 Å². The van der Waals surface area contributed by atoms with Crippen molar-refractivity contribution in [1.29, 1.82) is 0 Å². The number of aromatic nitrogens is 1. The number of carbonyl (C=O) groups is 1. The molecular weight excluding hydrogens is 272 g/mol.